The first kappa shape index (κ1) is 12.2. The van der Waals surface area contributed by atoms with Gasteiger partial charge in [-0.25, -0.2) is 0 Å². The van der Waals surface area contributed by atoms with Crippen molar-refractivity contribution in [2.75, 3.05) is 31.6 Å². The molecule has 0 aromatic heterocycles. The summed E-state index contributed by atoms with van der Waals surface area (Å²) in [6.07, 6.45) is 2.43. The van der Waals surface area contributed by atoms with Gasteiger partial charge in [0.15, 0.2) is 0 Å². The summed E-state index contributed by atoms with van der Waals surface area (Å²) in [7, 11) is 1.72. The second-order valence-corrected chi connectivity index (χ2v) is 4.54. The number of benzene rings is 1. The molecule has 0 bridgehead atoms. The Balaban J connectivity index is 2.05. The van der Waals surface area contributed by atoms with Crippen LogP contribution in [0.1, 0.15) is 19.8 Å². The molecule has 0 radical (unpaired) electrons. The van der Waals surface area contributed by atoms with Gasteiger partial charge in [-0.2, -0.15) is 0 Å². The Bertz CT molecular complexity index is 354. The third kappa shape index (κ3) is 3.13. The van der Waals surface area contributed by atoms with Crippen molar-refractivity contribution in [3.8, 4) is 5.75 Å². The van der Waals surface area contributed by atoms with Crippen molar-refractivity contribution < 1.29 is 4.74 Å². The Labute approximate surface area is 104 Å². The van der Waals surface area contributed by atoms with Gasteiger partial charge in [-0.05, 0) is 25.0 Å². The van der Waals surface area contributed by atoms with E-state index < -0.39 is 0 Å². The molecule has 0 spiro atoms. The van der Waals surface area contributed by atoms with Gasteiger partial charge in [-0.1, -0.05) is 13.0 Å². The van der Waals surface area contributed by atoms with Crippen molar-refractivity contribution >= 4 is 5.69 Å². The van der Waals surface area contributed by atoms with Gasteiger partial charge in [0.25, 0.3) is 0 Å². The predicted molar refractivity (Wildman–Crippen MR) is 71.9 cm³/mol. The van der Waals surface area contributed by atoms with Crippen LogP contribution in [0, 0.1) is 0 Å². The highest BCUT2D eigenvalue weighted by Crippen LogP contribution is 2.22. The van der Waals surface area contributed by atoms with Crippen LogP contribution in [-0.4, -0.2) is 32.8 Å². The third-order valence-corrected chi connectivity index (χ3v) is 3.47. The SMILES string of the molecule is CCC1CCN(c2cccc(OC)c2)CCN1. The molecule has 1 unspecified atom stereocenters. The number of ether oxygens (including phenoxy) is 1. The molecule has 1 heterocycles. The van der Waals surface area contributed by atoms with E-state index in [1.807, 2.05) is 6.07 Å². The highest BCUT2D eigenvalue weighted by Gasteiger charge is 2.15. The predicted octanol–water partition coefficient (Wildman–Crippen LogP) is 2.27. The summed E-state index contributed by atoms with van der Waals surface area (Å²) in [6.45, 7) is 5.51. The van der Waals surface area contributed by atoms with E-state index in [-0.39, 0.29) is 0 Å². The van der Waals surface area contributed by atoms with Crippen LogP contribution in [0.3, 0.4) is 0 Å². The summed E-state index contributed by atoms with van der Waals surface area (Å²) >= 11 is 0. The van der Waals surface area contributed by atoms with Gasteiger partial charge >= 0.3 is 0 Å². The molecule has 1 aromatic rings. The molecule has 2 rings (SSSR count). The van der Waals surface area contributed by atoms with Crippen LogP contribution in [0.5, 0.6) is 5.75 Å². The quantitative estimate of drug-likeness (QED) is 0.868. The molecule has 3 nitrogen and oxygen atoms in total. The second kappa shape index (κ2) is 5.92. The van der Waals surface area contributed by atoms with E-state index in [1.165, 1.54) is 18.5 Å². The zero-order valence-corrected chi connectivity index (χ0v) is 10.8. The minimum absolute atomic E-state index is 0.672. The minimum Gasteiger partial charge on any atom is -0.497 e. The zero-order chi connectivity index (χ0) is 12.1. The topological polar surface area (TPSA) is 24.5 Å². The summed E-state index contributed by atoms with van der Waals surface area (Å²) in [5.41, 5.74) is 1.27. The van der Waals surface area contributed by atoms with Crippen LogP contribution < -0.4 is 15.0 Å². The fourth-order valence-corrected chi connectivity index (χ4v) is 2.34. The van der Waals surface area contributed by atoms with Gasteiger partial charge < -0.3 is 15.0 Å². The molecule has 1 aliphatic rings. The Morgan fingerprint density at radius 2 is 2.29 bits per heavy atom. The van der Waals surface area contributed by atoms with E-state index in [9.17, 15) is 0 Å². The van der Waals surface area contributed by atoms with E-state index in [2.05, 4.69) is 35.3 Å². The summed E-state index contributed by atoms with van der Waals surface area (Å²) < 4.78 is 5.28. The Morgan fingerprint density at radius 3 is 3.06 bits per heavy atom. The molecule has 1 atom stereocenters. The van der Waals surface area contributed by atoms with Crippen LogP contribution in [0.4, 0.5) is 5.69 Å². The van der Waals surface area contributed by atoms with Crippen LogP contribution in [0.25, 0.3) is 0 Å². The smallest absolute Gasteiger partial charge is 0.120 e. The maximum absolute atomic E-state index is 5.28. The first-order valence-corrected chi connectivity index (χ1v) is 6.46. The van der Waals surface area contributed by atoms with Gasteiger partial charge in [-0.3, -0.25) is 0 Å². The Kier molecular flexibility index (Phi) is 4.26. The molecular weight excluding hydrogens is 212 g/mol. The van der Waals surface area contributed by atoms with Gasteiger partial charge in [0.2, 0.25) is 0 Å². The maximum Gasteiger partial charge on any atom is 0.120 e. The van der Waals surface area contributed by atoms with Crippen molar-refractivity contribution in [2.24, 2.45) is 0 Å². The first-order chi connectivity index (χ1) is 8.33. The van der Waals surface area contributed by atoms with Gasteiger partial charge in [-0.15, -0.1) is 0 Å². The molecule has 0 saturated carbocycles. The van der Waals surface area contributed by atoms with Crippen molar-refractivity contribution in [2.45, 2.75) is 25.8 Å². The Hall–Kier alpha value is -1.22. The molecule has 17 heavy (non-hydrogen) atoms. The molecule has 1 N–H and O–H groups in total. The normalized spacial score (nSPS) is 21.1. The van der Waals surface area contributed by atoms with Crippen molar-refractivity contribution in [1.82, 2.24) is 5.32 Å². The van der Waals surface area contributed by atoms with Gasteiger partial charge in [0.1, 0.15) is 5.75 Å². The summed E-state index contributed by atoms with van der Waals surface area (Å²) in [5, 5.41) is 3.59. The van der Waals surface area contributed by atoms with Crippen molar-refractivity contribution in [3.05, 3.63) is 24.3 Å². The lowest BCUT2D eigenvalue weighted by Crippen LogP contribution is -2.29. The lowest BCUT2D eigenvalue weighted by molar-refractivity contribution is 0.415. The lowest BCUT2D eigenvalue weighted by Gasteiger charge is -2.22. The summed E-state index contributed by atoms with van der Waals surface area (Å²) in [5.74, 6) is 0.937. The molecule has 1 fully saturated rings. The summed E-state index contributed by atoms with van der Waals surface area (Å²) in [6, 6.07) is 9.00. The highest BCUT2D eigenvalue weighted by molar-refractivity contribution is 5.50. The first-order valence-electron chi connectivity index (χ1n) is 6.46. The van der Waals surface area contributed by atoms with Crippen LogP contribution >= 0.6 is 0 Å². The maximum atomic E-state index is 5.28. The van der Waals surface area contributed by atoms with Crippen LogP contribution in [0.15, 0.2) is 24.3 Å². The molecule has 0 amide bonds. The number of anilines is 1. The fraction of sp³-hybridized carbons (Fsp3) is 0.571. The van der Waals surface area contributed by atoms with Crippen molar-refractivity contribution in [1.29, 1.82) is 0 Å². The summed E-state index contributed by atoms with van der Waals surface area (Å²) in [4.78, 5) is 2.44. The van der Waals surface area contributed by atoms with E-state index in [4.69, 9.17) is 4.74 Å². The standard InChI is InChI=1S/C14H22N2O/c1-3-12-7-9-16(10-8-15-12)13-5-4-6-14(11-13)17-2/h4-6,11-12,15H,3,7-10H2,1-2H3. The van der Waals surface area contributed by atoms with Crippen LogP contribution in [0.2, 0.25) is 0 Å². The molecule has 1 aliphatic heterocycles. The fourth-order valence-electron chi connectivity index (χ4n) is 2.34. The number of methoxy groups -OCH3 is 1. The number of hydrogen-bond donors (Lipinski definition) is 1. The largest absolute Gasteiger partial charge is 0.497 e. The van der Waals surface area contributed by atoms with Crippen LogP contribution in [-0.2, 0) is 0 Å². The zero-order valence-electron chi connectivity index (χ0n) is 10.8. The van der Waals surface area contributed by atoms with Crippen molar-refractivity contribution in [3.63, 3.8) is 0 Å². The molecule has 3 heteroatoms. The molecule has 0 aliphatic carbocycles. The number of nitrogens with one attached hydrogen (secondary N) is 1. The van der Waals surface area contributed by atoms with E-state index >= 15 is 0 Å². The molecule has 1 aromatic carbocycles. The second-order valence-electron chi connectivity index (χ2n) is 4.54. The molecule has 94 valence electrons. The molecular formula is C14H22N2O. The monoisotopic (exact) mass is 234 g/mol. The number of hydrogen-bond acceptors (Lipinski definition) is 3. The van der Waals surface area contributed by atoms with E-state index in [0.717, 1.165) is 25.4 Å². The highest BCUT2D eigenvalue weighted by atomic mass is 16.5. The average Bonchev–Trinajstić information content (AvgIpc) is 2.64. The van der Waals surface area contributed by atoms with Gasteiger partial charge in [0, 0.05) is 37.4 Å². The molecule has 1 saturated heterocycles. The average molecular weight is 234 g/mol. The Morgan fingerprint density at radius 1 is 1.41 bits per heavy atom. The lowest BCUT2D eigenvalue weighted by atomic mass is 10.1. The van der Waals surface area contributed by atoms with E-state index in [1.54, 1.807) is 7.11 Å². The number of nitrogens with zero attached hydrogens (tertiary/aromatic N) is 1. The third-order valence-electron chi connectivity index (χ3n) is 3.47. The van der Waals surface area contributed by atoms with Gasteiger partial charge in [0.05, 0.1) is 7.11 Å². The minimum atomic E-state index is 0.672. The van der Waals surface area contributed by atoms with E-state index in [0.29, 0.717) is 6.04 Å². The number of rotatable bonds is 3.